The molecule has 146 valence electrons. The van der Waals surface area contributed by atoms with Crippen molar-refractivity contribution in [3.63, 3.8) is 0 Å². The second-order valence-electron chi connectivity index (χ2n) is 6.63. The fraction of sp³-hybridized carbons (Fsp3) is 0.143. The van der Waals surface area contributed by atoms with Gasteiger partial charge in [-0.25, -0.2) is 15.0 Å². The van der Waals surface area contributed by atoms with Gasteiger partial charge in [-0.2, -0.15) is 0 Å². The van der Waals surface area contributed by atoms with Crippen LogP contribution in [-0.2, 0) is 6.54 Å². The minimum absolute atomic E-state index is 0.166. The molecule has 0 fully saturated rings. The molecule has 2 heterocycles. The summed E-state index contributed by atoms with van der Waals surface area (Å²) in [6.07, 6.45) is 1.36. The van der Waals surface area contributed by atoms with E-state index in [4.69, 9.17) is 10.5 Å². The Morgan fingerprint density at radius 3 is 2.72 bits per heavy atom. The minimum atomic E-state index is -0.346. The number of hydrogen-bond acceptors (Lipinski definition) is 6. The van der Waals surface area contributed by atoms with Crippen molar-refractivity contribution in [3.05, 3.63) is 65.5 Å². The molecule has 0 bridgehead atoms. The van der Waals surface area contributed by atoms with E-state index in [1.54, 1.807) is 7.11 Å². The van der Waals surface area contributed by atoms with E-state index in [-0.39, 0.29) is 17.4 Å². The molecule has 0 spiro atoms. The molecule has 0 unspecified atom stereocenters. The van der Waals surface area contributed by atoms with Gasteiger partial charge in [0.25, 0.3) is 5.91 Å². The summed E-state index contributed by atoms with van der Waals surface area (Å²) >= 11 is 0. The van der Waals surface area contributed by atoms with Crippen molar-refractivity contribution in [1.29, 1.82) is 0 Å². The number of nitrogens with one attached hydrogen (secondary N) is 2. The Labute approximate surface area is 167 Å². The molecule has 4 N–H and O–H groups in total. The number of nitrogens with zero attached hydrogens (tertiary/aromatic N) is 3. The molecule has 0 aliphatic rings. The molecule has 8 heteroatoms. The molecule has 0 aliphatic carbocycles. The lowest BCUT2D eigenvalue weighted by Crippen LogP contribution is -2.24. The van der Waals surface area contributed by atoms with Crippen molar-refractivity contribution in [2.75, 3.05) is 12.8 Å². The first-order chi connectivity index (χ1) is 14.0. The summed E-state index contributed by atoms with van der Waals surface area (Å²) in [6.45, 7) is 2.36. The van der Waals surface area contributed by atoms with Crippen molar-refractivity contribution >= 4 is 22.8 Å². The molecule has 1 amide bonds. The van der Waals surface area contributed by atoms with Gasteiger partial charge in [0.1, 0.15) is 17.1 Å². The molecule has 0 atom stereocenters. The Bertz CT molecular complexity index is 1180. The fourth-order valence-electron chi connectivity index (χ4n) is 2.93. The number of aryl methyl sites for hydroxylation is 1. The zero-order valence-electron chi connectivity index (χ0n) is 16.1. The van der Waals surface area contributed by atoms with Crippen molar-refractivity contribution in [2.24, 2.45) is 0 Å². The first-order valence-electron chi connectivity index (χ1n) is 9.04. The Morgan fingerprint density at radius 2 is 1.97 bits per heavy atom. The van der Waals surface area contributed by atoms with Gasteiger partial charge in [-0.05, 0) is 42.3 Å². The number of imidazole rings is 1. The number of amides is 1. The number of H-pyrrole nitrogens is 1. The lowest BCUT2D eigenvalue weighted by atomic mass is 10.2. The predicted octanol–water partition coefficient (Wildman–Crippen LogP) is 2.85. The minimum Gasteiger partial charge on any atom is -0.497 e. The van der Waals surface area contributed by atoms with Gasteiger partial charge in [0.2, 0.25) is 0 Å². The number of hydrogen-bond donors (Lipinski definition) is 3. The average Bonchev–Trinajstić information content (AvgIpc) is 3.15. The van der Waals surface area contributed by atoms with Gasteiger partial charge in [0.15, 0.2) is 11.6 Å². The van der Waals surface area contributed by atoms with Crippen molar-refractivity contribution in [1.82, 2.24) is 25.3 Å². The normalized spacial score (nSPS) is 10.8. The van der Waals surface area contributed by atoms with Gasteiger partial charge in [0.05, 0.1) is 24.3 Å². The van der Waals surface area contributed by atoms with Crippen LogP contribution in [0.5, 0.6) is 5.75 Å². The van der Waals surface area contributed by atoms with Crippen LogP contribution in [0.3, 0.4) is 0 Å². The highest BCUT2D eigenvalue weighted by Gasteiger charge is 2.16. The highest BCUT2D eigenvalue weighted by atomic mass is 16.5. The number of aromatic nitrogens is 4. The number of ether oxygens (including phenoxy) is 1. The van der Waals surface area contributed by atoms with Crippen molar-refractivity contribution in [3.8, 4) is 17.3 Å². The SMILES string of the molecule is COc1ccc(CNC(=O)c2cnc(N)c(-c3nc4ccc(C)cc4[nH]3)n2)cc1. The van der Waals surface area contributed by atoms with Gasteiger partial charge >= 0.3 is 0 Å². The second-order valence-corrected chi connectivity index (χ2v) is 6.63. The second kappa shape index (κ2) is 7.59. The zero-order valence-corrected chi connectivity index (χ0v) is 16.1. The molecule has 0 saturated heterocycles. The quantitative estimate of drug-likeness (QED) is 0.484. The van der Waals surface area contributed by atoms with E-state index in [2.05, 4.69) is 25.3 Å². The van der Waals surface area contributed by atoms with E-state index in [1.165, 1.54) is 6.20 Å². The van der Waals surface area contributed by atoms with Crippen LogP contribution < -0.4 is 15.8 Å². The van der Waals surface area contributed by atoms with Crippen LogP contribution in [-0.4, -0.2) is 33.0 Å². The summed E-state index contributed by atoms with van der Waals surface area (Å²) in [4.78, 5) is 28.8. The van der Waals surface area contributed by atoms with E-state index in [0.717, 1.165) is 27.9 Å². The van der Waals surface area contributed by atoms with E-state index in [1.807, 2.05) is 49.4 Å². The third-order valence-corrected chi connectivity index (χ3v) is 4.51. The third kappa shape index (κ3) is 3.86. The number of anilines is 1. The van der Waals surface area contributed by atoms with Crippen LogP contribution in [0.25, 0.3) is 22.6 Å². The topological polar surface area (TPSA) is 119 Å². The predicted molar refractivity (Wildman–Crippen MR) is 110 cm³/mol. The Kier molecular flexibility index (Phi) is 4.82. The Balaban J connectivity index is 1.55. The van der Waals surface area contributed by atoms with Crippen LogP contribution in [0.1, 0.15) is 21.6 Å². The lowest BCUT2D eigenvalue weighted by Gasteiger charge is -2.07. The summed E-state index contributed by atoms with van der Waals surface area (Å²) in [5.74, 6) is 1.09. The van der Waals surface area contributed by atoms with Crippen LogP contribution in [0.2, 0.25) is 0 Å². The molecule has 2 aromatic carbocycles. The number of methoxy groups -OCH3 is 1. The van der Waals surface area contributed by atoms with E-state index in [9.17, 15) is 4.79 Å². The molecular weight excluding hydrogens is 368 g/mol. The number of nitrogen functional groups attached to an aromatic ring is 1. The number of fused-ring (bicyclic) bond motifs is 1. The van der Waals surface area contributed by atoms with Gasteiger partial charge in [0, 0.05) is 6.54 Å². The molecule has 8 nitrogen and oxygen atoms in total. The number of aromatic amines is 1. The standard InChI is InChI=1S/C21H20N6O2/c1-12-3-8-15-16(9-12)27-20(26-15)18-19(22)23-11-17(25-18)21(28)24-10-13-4-6-14(29-2)7-5-13/h3-9,11H,10H2,1-2H3,(H2,22,23)(H,24,28)(H,26,27). The number of benzene rings is 2. The van der Waals surface area contributed by atoms with Gasteiger partial charge in [-0.1, -0.05) is 18.2 Å². The maximum atomic E-state index is 12.5. The maximum Gasteiger partial charge on any atom is 0.271 e. The molecule has 4 aromatic rings. The van der Waals surface area contributed by atoms with Gasteiger partial charge in [-0.3, -0.25) is 4.79 Å². The summed E-state index contributed by atoms with van der Waals surface area (Å²) in [5.41, 5.74) is 10.2. The van der Waals surface area contributed by atoms with E-state index < -0.39 is 0 Å². The van der Waals surface area contributed by atoms with Crippen LogP contribution in [0.15, 0.2) is 48.7 Å². The van der Waals surface area contributed by atoms with E-state index >= 15 is 0 Å². The summed E-state index contributed by atoms with van der Waals surface area (Å²) in [7, 11) is 1.61. The third-order valence-electron chi connectivity index (χ3n) is 4.51. The van der Waals surface area contributed by atoms with Crippen LogP contribution >= 0.6 is 0 Å². The van der Waals surface area contributed by atoms with Crippen molar-refractivity contribution < 1.29 is 9.53 Å². The molecule has 29 heavy (non-hydrogen) atoms. The smallest absolute Gasteiger partial charge is 0.271 e. The molecule has 0 aliphatic heterocycles. The summed E-state index contributed by atoms with van der Waals surface area (Å²) < 4.78 is 5.13. The largest absolute Gasteiger partial charge is 0.497 e. The molecule has 2 aromatic heterocycles. The maximum absolute atomic E-state index is 12.5. The molecular formula is C21H20N6O2. The summed E-state index contributed by atoms with van der Waals surface area (Å²) in [6, 6.07) is 13.3. The number of nitrogens with two attached hydrogens (primary N) is 1. The van der Waals surface area contributed by atoms with E-state index in [0.29, 0.717) is 18.1 Å². The Hall–Kier alpha value is -3.94. The lowest BCUT2D eigenvalue weighted by molar-refractivity contribution is 0.0945. The molecule has 0 saturated carbocycles. The van der Waals surface area contributed by atoms with Crippen molar-refractivity contribution in [2.45, 2.75) is 13.5 Å². The average molecular weight is 388 g/mol. The van der Waals surface area contributed by atoms with Crippen LogP contribution in [0.4, 0.5) is 5.82 Å². The highest BCUT2D eigenvalue weighted by molar-refractivity contribution is 5.93. The Morgan fingerprint density at radius 1 is 1.17 bits per heavy atom. The molecule has 4 rings (SSSR count). The first kappa shape index (κ1) is 18.4. The summed E-state index contributed by atoms with van der Waals surface area (Å²) in [5, 5.41) is 2.83. The first-order valence-corrected chi connectivity index (χ1v) is 9.04. The monoisotopic (exact) mass is 388 g/mol. The number of carbonyl (C=O) groups excluding carboxylic acids is 1. The number of carbonyl (C=O) groups is 1. The van der Waals surface area contributed by atoms with Gasteiger partial charge < -0.3 is 20.8 Å². The molecule has 0 radical (unpaired) electrons. The zero-order chi connectivity index (χ0) is 20.4. The fourth-order valence-corrected chi connectivity index (χ4v) is 2.93. The van der Waals surface area contributed by atoms with Gasteiger partial charge in [-0.15, -0.1) is 0 Å². The highest BCUT2D eigenvalue weighted by Crippen LogP contribution is 2.23. The number of rotatable bonds is 5. The van der Waals surface area contributed by atoms with Crippen LogP contribution in [0, 0.1) is 6.92 Å².